The quantitative estimate of drug-likeness (QED) is 0.388. The Bertz CT molecular complexity index is 1200. The van der Waals surface area contributed by atoms with E-state index in [4.69, 9.17) is 34.8 Å². The number of halogens is 3. The lowest BCUT2D eigenvalue weighted by molar-refractivity contribution is -0.140. The number of rotatable bonds is 10. The van der Waals surface area contributed by atoms with Gasteiger partial charge in [0.15, 0.2) is 0 Å². The van der Waals surface area contributed by atoms with Gasteiger partial charge in [-0.1, -0.05) is 73.1 Å². The van der Waals surface area contributed by atoms with Gasteiger partial charge in [0.05, 0.1) is 17.0 Å². The van der Waals surface area contributed by atoms with E-state index in [9.17, 15) is 18.0 Å². The van der Waals surface area contributed by atoms with Crippen molar-refractivity contribution in [1.82, 2.24) is 10.2 Å². The maximum Gasteiger partial charge on any atom is 0.244 e. The van der Waals surface area contributed by atoms with Crippen molar-refractivity contribution in [2.45, 2.75) is 64.1 Å². The Morgan fingerprint density at radius 2 is 1.62 bits per heavy atom. The van der Waals surface area contributed by atoms with Crippen LogP contribution in [0.4, 0.5) is 5.69 Å². The number of carbonyl (C=O) groups excluding carboxylic acids is 2. The number of benzene rings is 2. The molecule has 7 nitrogen and oxygen atoms in total. The largest absolute Gasteiger partial charge is 0.352 e. The molecule has 0 saturated heterocycles. The minimum Gasteiger partial charge on any atom is -0.352 e. The third-order valence-corrected chi connectivity index (χ3v) is 8.38. The summed E-state index contributed by atoms with van der Waals surface area (Å²) in [5, 5.41) is 4.09. The zero-order valence-electron chi connectivity index (χ0n) is 20.9. The SMILES string of the molecule is CCC(C(=O)NC1CCCCC1)N(Cc1ccc(Cl)cc1)C(=O)CN(c1ccc(Cl)cc1Cl)S(C)(=O)=O. The van der Waals surface area contributed by atoms with Crippen molar-refractivity contribution in [2.24, 2.45) is 0 Å². The van der Waals surface area contributed by atoms with Crippen LogP contribution in [0.3, 0.4) is 0 Å². The van der Waals surface area contributed by atoms with Gasteiger partial charge in [0.25, 0.3) is 0 Å². The molecular formula is C26H32Cl3N3O4S. The summed E-state index contributed by atoms with van der Waals surface area (Å²) in [6.45, 7) is 1.41. The number of hydrogen-bond acceptors (Lipinski definition) is 4. The van der Waals surface area contributed by atoms with Crippen molar-refractivity contribution in [3.05, 3.63) is 63.1 Å². The van der Waals surface area contributed by atoms with E-state index >= 15 is 0 Å². The topological polar surface area (TPSA) is 86.8 Å². The van der Waals surface area contributed by atoms with Crippen molar-refractivity contribution in [2.75, 3.05) is 17.1 Å². The number of hydrogen-bond donors (Lipinski definition) is 1. The Morgan fingerprint density at radius 1 is 1.00 bits per heavy atom. The molecule has 202 valence electrons. The van der Waals surface area contributed by atoms with Gasteiger partial charge < -0.3 is 10.2 Å². The van der Waals surface area contributed by atoms with Gasteiger partial charge in [-0.2, -0.15) is 0 Å². The molecule has 1 aliphatic rings. The van der Waals surface area contributed by atoms with Crippen LogP contribution >= 0.6 is 34.8 Å². The predicted molar refractivity (Wildman–Crippen MR) is 150 cm³/mol. The maximum atomic E-state index is 13.8. The summed E-state index contributed by atoms with van der Waals surface area (Å²) in [6, 6.07) is 10.6. The van der Waals surface area contributed by atoms with Gasteiger partial charge in [0.2, 0.25) is 21.8 Å². The molecule has 1 atom stereocenters. The minimum atomic E-state index is -3.90. The molecule has 3 rings (SSSR count). The fraction of sp³-hybridized carbons (Fsp3) is 0.462. The van der Waals surface area contributed by atoms with E-state index < -0.39 is 28.5 Å². The second kappa shape index (κ2) is 13.2. The van der Waals surface area contributed by atoms with Crippen LogP contribution in [-0.4, -0.2) is 50.0 Å². The Hall–Kier alpha value is -2.00. The summed E-state index contributed by atoms with van der Waals surface area (Å²) in [5.74, 6) is -0.774. The molecule has 0 radical (unpaired) electrons. The van der Waals surface area contributed by atoms with Crippen LogP contribution < -0.4 is 9.62 Å². The molecule has 1 fully saturated rings. The van der Waals surface area contributed by atoms with E-state index in [-0.39, 0.29) is 29.2 Å². The number of nitrogens with zero attached hydrogens (tertiary/aromatic N) is 2. The molecule has 2 aromatic carbocycles. The molecule has 2 aromatic rings. The smallest absolute Gasteiger partial charge is 0.244 e. The lowest BCUT2D eigenvalue weighted by Gasteiger charge is -2.34. The minimum absolute atomic E-state index is 0.0724. The molecule has 2 amide bonds. The Kier molecular flexibility index (Phi) is 10.5. The number of nitrogens with one attached hydrogen (secondary N) is 1. The number of amides is 2. The van der Waals surface area contributed by atoms with E-state index in [2.05, 4.69) is 5.32 Å². The van der Waals surface area contributed by atoms with Crippen LogP contribution in [0.5, 0.6) is 0 Å². The summed E-state index contributed by atoms with van der Waals surface area (Å²) in [6.07, 6.45) is 6.44. The molecule has 0 heterocycles. The van der Waals surface area contributed by atoms with E-state index in [0.29, 0.717) is 16.5 Å². The van der Waals surface area contributed by atoms with Crippen LogP contribution in [0.2, 0.25) is 15.1 Å². The highest BCUT2D eigenvalue weighted by atomic mass is 35.5. The molecule has 1 aliphatic carbocycles. The van der Waals surface area contributed by atoms with Crippen LogP contribution in [0.1, 0.15) is 51.0 Å². The summed E-state index contributed by atoms with van der Waals surface area (Å²) in [4.78, 5) is 28.6. The highest BCUT2D eigenvalue weighted by molar-refractivity contribution is 7.92. The molecule has 37 heavy (non-hydrogen) atoms. The molecule has 0 bridgehead atoms. The van der Waals surface area contributed by atoms with Gasteiger partial charge in [-0.05, 0) is 55.2 Å². The fourth-order valence-electron chi connectivity index (χ4n) is 4.53. The van der Waals surface area contributed by atoms with Crippen LogP contribution in [0.15, 0.2) is 42.5 Å². The normalized spacial score (nSPS) is 15.2. The molecule has 11 heteroatoms. The first-order chi connectivity index (χ1) is 17.5. The van der Waals surface area contributed by atoms with Gasteiger partial charge in [0, 0.05) is 22.6 Å². The molecule has 1 unspecified atom stereocenters. The molecule has 0 spiro atoms. The van der Waals surface area contributed by atoms with Crippen LogP contribution in [0.25, 0.3) is 0 Å². The third-order valence-electron chi connectivity index (χ3n) is 6.46. The number of carbonyl (C=O) groups is 2. The van der Waals surface area contributed by atoms with Gasteiger partial charge in [-0.15, -0.1) is 0 Å². The Morgan fingerprint density at radius 3 is 2.19 bits per heavy atom. The van der Waals surface area contributed by atoms with Crippen molar-refractivity contribution in [3.8, 4) is 0 Å². The van der Waals surface area contributed by atoms with Gasteiger partial charge in [-0.3, -0.25) is 13.9 Å². The van der Waals surface area contributed by atoms with E-state index in [1.165, 1.54) is 23.1 Å². The highest BCUT2D eigenvalue weighted by Gasteiger charge is 2.33. The third kappa shape index (κ3) is 8.24. The predicted octanol–water partition coefficient (Wildman–Crippen LogP) is 5.67. The molecule has 0 aliphatic heterocycles. The van der Waals surface area contributed by atoms with E-state index in [1.807, 2.05) is 6.92 Å². The van der Waals surface area contributed by atoms with Crippen molar-refractivity contribution in [1.29, 1.82) is 0 Å². The first-order valence-electron chi connectivity index (χ1n) is 12.3. The first kappa shape index (κ1) is 29.6. The average Bonchev–Trinajstić information content (AvgIpc) is 2.84. The van der Waals surface area contributed by atoms with E-state index in [1.54, 1.807) is 24.3 Å². The van der Waals surface area contributed by atoms with Crippen molar-refractivity contribution in [3.63, 3.8) is 0 Å². The summed E-state index contributed by atoms with van der Waals surface area (Å²) >= 11 is 18.3. The standard InChI is InChI=1S/C26H32Cl3N3O4S/c1-3-23(26(34)30-21-7-5-4-6-8-21)31(16-18-9-11-19(27)12-10-18)25(33)17-32(37(2,35)36)24-14-13-20(28)15-22(24)29/h9-15,21,23H,3-8,16-17H2,1-2H3,(H,30,34). The van der Waals surface area contributed by atoms with Crippen molar-refractivity contribution < 1.29 is 18.0 Å². The lowest BCUT2D eigenvalue weighted by atomic mass is 9.95. The van der Waals surface area contributed by atoms with Crippen LogP contribution in [0, 0.1) is 0 Å². The monoisotopic (exact) mass is 587 g/mol. The van der Waals surface area contributed by atoms with Crippen molar-refractivity contribution >= 4 is 62.3 Å². The zero-order chi connectivity index (χ0) is 27.2. The zero-order valence-corrected chi connectivity index (χ0v) is 24.0. The molecule has 0 aromatic heterocycles. The second-order valence-corrected chi connectivity index (χ2v) is 12.5. The molecule has 1 N–H and O–H groups in total. The molecule has 1 saturated carbocycles. The fourth-order valence-corrected chi connectivity index (χ4v) is 6.08. The summed E-state index contributed by atoms with van der Waals surface area (Å²) in [7, 11) is -3.90. The van der Waals surface area contributed by atoms with Crippen LogP contribution in [-0.2, 0) is 26.2 Å². The van der Waals surface area contributed by atoms with Gasteiger partial charge >= 0.3 is 0 Å². The lowest BCUT2D eigenvalue weighted by Crippen LogP contribution is -2.54. The first-order valence-corrected chi connectivity index (χ1v) is 15.2. The molecular weight excluding hydrogens is 557 g/mol. The Balaban J connectivity index is 1.93. The summed E-state index contributed by atoms with van der Waals surface area (Å²) < 4.78 is 26.4. The second-order valence-electron chi connectivity index (χ2n) is 9.28. The highest BCUT2D eigenvalue weighted by Crippen LogP contribution is 2.31. The number of sulfonamides is 1. The Labute approximate surface area is 234 Å². The van der Waals surface area contributed by atoms with E-state index in [0.717, 1.165) is 48.2 Å². The van der Waals surface area contributed by atoms with Gasteiger partial charge in [0.1, 0.15) is 12.6 Å². The number of anilines is 1. The summed E-state index contributed by atoms with van der Waals surface area (Å²) in [5.41, 5.74) is 0.894. The average molecular weight is 589 g/mol. The maximum absolute atomic E-state index is 13.8. The van der Waals surface area contributed by atoms with Gasteiger partial charge in [-0.25, -0.2) is 8.42 Å².